The zero-order valence-electron chi connectivity index (χ0n) is 10.1. The summed E-state index contributed by atoms with van der Waals surface area (Å²) >= 11 is 0. The molecule has 1 aromatic carbocycles. The molecule has 0 aliphatic rings. The first-order valence-electron chi connectivity index (χ1n) is 5.41. The largest absolute Gasteiger partial charge is 0.269 e. The fourth-order valence-electron chi connectivity index (χ4n) is 1.31. The molecule has 0 radical (unpaired) electrons. The summed E-state index contributed by atoms with van der Waals surface area (Å²) in [6, 6.07) is 3.82. The lowest BCUT2D eigenvalue weighted by atomic mass is 10.2. The van der Waals surface area contributed by atoms with Crippen molar-refractivity contribution >= 4 is 6.72 Å². The maximum atomic E-state index is 13.0. The molecule has 92 valence electrons. The van der Waals surface area contributed by atoms with Crippen molar-refractivity contribution in [3.05, 3.63) is 47.2 Å². The van der Waals surface area contributed by atoms with Crippen molar-refractivity contribution in [2.45, 2.75) is 26.8 Å². The van der Waals surface area contributed by atoms with Gasteiger partial charge in [-0.1, -0.05) is 18.6 Å². The van der Waals surface area contributed by atoms with Crippen molar-refractivity contribution in [3.8, 4) is 0 Å². The topological polar surface area (TPSA) is 15.6 Å². The highest BCUT2D eigenvalue weighted by atomic mass is 19.2. The van der Waals surface area contributed by atoms with Crippen LogP contribution in [-0.4, -0.2) is 11.7 Å². The van der Waals surface area contributed by atoms with E-state index in [-0.39, 0.29) is 0 Å². The molecule has 1 rings (SSSR count). The quantitative estimate of drug-likeness (QED) is 0.564. The molecule has 0 saturated heterocycles. The zero-order chi connectivity index (χ0) is 12.8. The number of nitrogens with zero attached hydrogens (tertiary/aromatic N) is 2. The van der Waals surface area contributed by atoms with Gasteiger partial charge in [-0.05, 0) is 31.0 Å². The average molecular weight is 238 g/mol. The monoisotopic (exact) mass is 238 g/mol. The molecule has 17 heavy (non-hydrogen) atoms. The minimum Gasteiger partial charge on any atom is -0.269 e. The first kappa shape index (κ1) is 13.4. The van der Waals surface area contributed by atoms with E-state index in [4.69, 9.17) is 0 Å². The van der Waals surface area contributed by atoms with Crippen LogP contribution in [-0.2, 0) is 6.54 Å². The normalized spacial score (nSPS) is 11.4. The summed E-state index contributed by atoms with van der Waals surface area (Å²) in [5.41, 5.74) is 1.79. The van der Waals surface area contributed by atoms with Crippen LogP contribution in [0.1, 0.15) is 25.8 Å². The van der Waals surface area contributed by atoms with Crippen LogP contribution < -0.4 is 0 Å². The van der Waals surface area contributed by atoms with Crippen LogP contribution in [0.3, 0.4) is 0 Å². The summed E-state index contributed by atoms with van der Waals surface area (Å²) in [4.78, 5) is 0. The molecular weight excluding hydrogens is 222 g/mol. The molecule has 0 saturated carbocycles. The molecule has 0 unspecified atom stereocenters. The van der Waals surface area contributed by atoms with Crippen molar-refractivity contribution < 1.29 is 8.78 Å². The molecule has 0 aliphatic carbocycles. The Morgan fingerprint density at radius 2 is 2.12 bits per heavy atom. The van der Waals surface area contributed by atoms with Crippen molar-refractivity contribution in [2.24, 2.45) is 5.10 Å². The highest BCUT2D eigenvalue weighted by molar-refractivity contribution is 5.24. The second kappa shape index (κ2) is 6.13. The highest BCUT2D eigenvalue weighted by Crippen LogP contribution is 2.12. The Hall–Kier alpha value is -1.71. The van der Waals surface area contributed by atoms with Gasteiger partial charge in [0.05, 0.1) is 6.54 Å². The van der Waals surface area contributed by atoms with E-state index in [9.17, 15) is 8.78 Å². The fourth-order valence-corrected chi connectivity index (χ4v) is 1.31. The van der Waals surface area contributed by atoms with E-state index in [0.717, 1.165) is 18.1 Å². The van der Waals surface area contributed by atoms with Crippen molar-refractivity contribution in [2.75, 3.05) is 0 Å². The smallest absolute Gasteiger partial charge is 0.159 e. The maximum absolute atomic E-state index is 13.0. The van der Waals surface area contributed by atoms with Gasteiger partial charge >= 0.3 is 0 Å². The van der Waals surface area contributed by atoms with E-state index in [1.165, 1.54) is 12.1 Å². The van der Waals surface area contributed by atoms with Gasteiger partial charge in [-0.3, -0.25) is 5.01 Å². The lowest BCUT2D eigenvalue weighted by Gasteiger charge is -2.15. The number of hydrogen-bond acceptors (Lipinski definition) is 2. The molecule has 0 N–H and O–H groups in total. The van der Waals surface area contributed by atoms with Crippen LogP contribution in [0.2, 0.25) is 0 Å². The summed E-state index contributed by atoms with van der Waals surface area (Å²) in [6.45, 7) is 7.83. The molecule has 0 aliphatic heterocycles. The number of allylic oxidation sites excluding steroid dienone is 1. The van der Waals surface area contributed by atoms with Crippen LogP contribution in [0.15, 0.2) is 35.1 Å². The Morgan fingerprint density at radius 3 is 2.65 bits per heavy atom. The molecule has 0 bridgehead atoms. The number of benzene rings is 1. The lowest BCUT2D eigenvalue weighted by Crippen LogP contribution is -2.10. The van der Waals surface area contributed by atoms with Gasteiger partial charge < -0.3 is 0 Å². The predicted octanol–water partition coefficient (Wildman–Crippen LogP) is 3.70. The van der Waals surface area contributed by atoms with Crippen LogP contribution in [0.25, 0.3) is 0 Å². The molecule has 0 heterocycles. The van der Waals surface area contributed by atoms with Gasteiger partial charge in [0.2, 0.25) is 0 Å². The second-order valence-corrected chi connectivity index (χ2v) is 3.82. The number of halogens is 2. The summed E-state index contributed by atoms with van der Waals surface area (Å²) < 4.78 is 25.8. The molecule has 4 heteroatoms. The zero-order valence-corrected chi connectivity index (χ0v) is 10.1. The summed E-state index contributed by atoms with van der Waals surface area (Å²) in [5, 5.41) is 5.42. The van der Waals surface area contributed by atoms with E-state index in [1.807, 2.05) is 20.0 Å². The fraction of sp³-hybridized carbons (Fsp3) is 0.308. The Morgan fingerprint density at radius 1 is 1.41 bits per heavy atom. The van der Waals surface area contributed by atoms with Crippen LogP contribution in [0.4, 0.5) is 8.78 Å². The SMILES string of the molecule is C=NN(C=C(C)CC)Cc1ccc(F)c(F)c1. The molecule has 0 spiro atoms. The molecule has 0 aromatic heterocycles. The molecule has 0 amide bonds. The minimum atomic E-state index is -0.845. The van der Waals surface area contributed by atoms with Gasteiger partial charge in [0.15, 0.2) is 11.6 Å². The van der Waals surface area contributed by atoms with E-state index >= 15 is 0 Å². The van der Waals surface area contributed by atoms with Gasteiger partial charge in [-0.25, -0.2) is 8.78 Å². The summed E-state index contributed by atoms with van der Waals surface area (Å²) in [6.07, 6.45) is 2.75. The molecule has 2 nitrogen and oxygen atoms in total. The Bertz CT molecular complexity index is 427. The van der Waals surface area contributed by atoms with Crippen molar-refractivity contribution in [1.82, 2.24) is 5.01 Å². The standard InChI is InChI=1S/C13H16F2N2/c1-4-10(2)8-17(16-3)9-11-5-6-12(14)13(15)7-11/h5-8H,3-4,9H2,1-2H3. The number of hydrogen-bond donors (Lipinski definition) is 0. The molecule has 0 atom stereocenters. The third kappa shape index (κ3) is 3.98. The summed E-state index contributed by atoms with van der Waals surface area (Å²) in [7, 11) is 0. The third-order valence-corrected chi connectivity index (χ3v) is 2.44. The van der Waals surface area contributed by atoms with E-state index in [0.29, 0.717) is 12.1 Å². The first-order chi connectivity index (χ1) is 8.06. The Balaban J connectivity index is 2.81. The molecular formula is C13H16F2N2. The average Bonchev–Trinajstić information content (AvgIpc) is 2.32. The second-order valence-electron chi connectivity index (χ2n) is 3.82. The minimum absolute atomic E-state index is 0.373. The number of rotatable bonds is 5. The van der Waals surface area contributed by atoms with Crippen molar-refractivity contribution in [1.29, 1.82) is 0 Å². The third-order valence-electron chi connectivity index (χ3n) is 2.44. The van der Waals surface area contributed by atoms with Gasteiger partial charge in [-0.2, -0.15) is 5.10 Å². The van der Waals surface area contributed by atoms with Crippen LogP contribution >= 0.6 is 0 Å². The van der Waals surface area contributed by atoms with E-state index < -0.39 is 11.6 Å². The first-order valence-corrected chi connectivity index (χ1v) is 5.41. The maximum Gasteiger partial charge on any atom is 0.159 e. The predicted molar refractivity (Wildman–Crippen MR) is 65.5 cm³/mol. The number of hydrazone groups is 1. The van der Waals surface area contributed by atoms with E-state index in [1.54, 1.807) is 5.01 Å². The summed E-state index contributed by atoms with van der Waals surface area (Å²) in [5.74, 6) is -1.69. The van der Waals surface area contributed by atoms with Crippen molar-refractivity contribution in [3.63, 3.8) is 0 Å². The van der Waals surface area contributed by atoms with Gasteiger partial charge in [-0.15, -0.1) is 0 Å². The van der Waals surface area contributed by atoms with Crippen LogP contribution in [0.5, 0.6) is 0 Å². The van der Waals surface area contributed by atoms with Crippen LogP contribution in [0, 0.1) is 11.6 Å². The van der Waals surface area contributed by atoms with Gasteiger partial charge in [0.25, 0.3) is 0 Å². The highest BCUT2D eigenvalue weighted by Gasteiger charge is 2.05. The molecule has 1 aromatic rings. The Labute approximate surface area is 100 Å². The van der Waals surface area contributed by atoms with Gasteiger partial charge in [0.1, 0.15) is 0 Å². The lowest BCUT2D eigenvalue weighted by molar-refractivity contribution is 0.389. The van der Waals surface area contributed by atoms with E-state index in [2.05, 4.69) is 11.8 Å². The molecule has 0 fully saturated rings. The van der Waals surface area contributed by atoms with Gasteiger partial charge in [0, 0.05) is 12.9 Å². The Kier molecular flexibility index (Phi) is 4.82.